The summed E-state index contributed by atoms with van der Waals surface area (Å²) < 4.78 is 13.5. The van der Waals surface area contributed by atoms with Crippen LogP contribution in [-0.4, -0.2) is 103 Å². The van der Waals surface area contributed by atoms with E-state index in [1.165, 1.54) is 12.3 Å². The number of methoxy groups -OCH3 is 1. The van der Waals surface area contributed by atoms with E-state index >= 15 is 0 Å². The average molecular weight is 596 g/mol. The highest BCUT2D eigenvalue weighted by Gasteiger charge is 2.55. The maximum atomic E-state index is 12.1. The van der Waals surface area contributed by atoms with Crippen LogP contribution in [0.5, 0.6) is 0 Å². The number of ether oxygens (including phenoxy) is 2. The van der Waals surface area contributed by atoms with Crippen LogP contribution in [0.4, 0.5) is 11.5 Å². The summed E-state index contributed by atoms with van der Waals surface area (Å²) in [5.41, 5.74) is 11.0. The summed E-state index contributed by atoms with van der Waals surface area (Å²) in [6.45, 7) is 16.0. The van der Waals surface area contributed by atoms with Crippen LogP contribution in [0, 0.1) is 24.7 Å². The first kappa shape index (κ1) is 29.2. The molecule has 3 saturated heterocycles. The van der Waals surface area contributed by atoms with Gasteiger partial charge in [0.2, 0.25) is 5.91 Å². The van der Waals surface area contributed by atoms with Gasteiger partial charge in [0.1, 0.15) is 0 Å². The first-order chi connectivity index (χ1) is 20.0. The van der Waals surface area contributed by atoms with Crippen molar-refractivity contribution in [2.45, 2.75) is 51.2 Å². The first-order valence-electron chi connectivity index (χ1n) is 14.7. The molecule has 42 heavy (non-hydrogen) atoms. The van der Waals surface area contributed by atoms with E-state index in [2.05, 4.69) is 34.9 Å². The van der Waals surface area contributed by atoms with Crippen molar-refractivity contribution in [1.29, 1.82) is 5.41 Å². The Hall–Kier alpha value is -2.92. The molecule has 10 nitrogen and oxygen atoms in total. The zero-order chi connectivity index (χ0) is 30.0. The number of aromatic nitrogens is 2. The number of piperazine rings is 1. The van der Waals surface area contributed by atoms with Crippen LogP contribution in [0.1, 0.15) is 42.6 Å². The number of nitrogens with two attached hydrogens (primary N) is 1. The standard InChI is InChI=1S/C31H42ClN7O3/c1-6-25(40)37-16-31(17-37)10-21(11-31)39-20(3)26(27-23(12-33)24(34)9-19(2)28(27)32)29(35-39)38-8-7-36(22-13-42-14-22)15-30(38,4)18-41-5/h6,9,12,21-22,33H,1,7-8,10-11,13-18,34H2,2-5H3/t30-/m1/s1. The van der Waals surface area contributed by atoms with Gasteiger partial charge in [0, 0.05) is 79.5 Å². The molecule has 1 spiro atoms. The number of likely N-dealkylation sites (tertiary alicyclic amines) is 1. The largest absolute Gasteiger partial charge is 0.398 e. The van der Waals surface area contributed by atoms with Gasteiger partial charge in [-0.15, -0.1) is 0 Å². The Bertz CT molecular complexity index is 1420. The van der Waals surface area contributed by atoms with E-state index in [-0.39, 0.29) is 22.9 Å². The number of halogens is 1. The molecule has 3 aliphatic heterocycles. The maximum Gasteiger partial charge on any atom is 0.245 e. The number of anilines is 2. The third kappa shape index (κ3) is 4.54. The van der Waals surface area contributed by atoms with Crippen molar-refractivity contribution in [2.24, 2.45) is 5.41 Å². The fourth-order valence-electron chi connectivity index (χ4n) is 7.64. The van der Waals surface area contributed by atoms with Crippen LogP contribution >= 0.6 is 11.6 Å². The molecule has 1 aromatic carbocycles. The molecule has 1 saturated carbocycles. The highest BCUT2D eigenvalue weighted by molar-refractivity contribution is 6.35. The molecule has 0 bridgehead atoms. The normalized spacial score (nSPS) is 24.3. The Kier molecular flexibility index (Phi) is 7.40. The quantitative estimate of drug-likeness (QED) is 0.272. The minimum absolute atomic E-state index is 0.000182. The molecule has 226 valence electrons. The number of hydrogen-bond acceptors (Lipinski definition) is 8. The predicted molar refractivity (Wildman–Crippen MR) is 166 cm³/mol. The lowest BCUT2D eigenvalue weighted by molar-refractivity contribution is -0.149. The lowest BCUT2D eigenvalue weighted by Crippen LogP contribution is -2.67. The molecule has 0 radical (unpaired) electrons. The summed E-state index contributed by atoms with van der Waals surface area (Å²) in [5.74, 6) is 0.851. The van der Waals surface area contributed by atoms with Crippen LogP contribution in [0.15, 0.2) is 18.7 Å². The molecule has 4 aliphatic rings. The number of hydrogen-bond donors (Lipinski definition) is 2. The van der Waals surface area contributed by atoms with Gasteiger partial charge in [0.25, 0.3) is 0 Å². The van der Waals surface area contributed by atoms with Crippen LogP contribution < -0.4 is 10.6 Å². The number of aryl methyl sites for hydroxylation is 1. The van der Waals surface area contributed by atoms with E-state index < -0.39 is 0 Å². The van der Waals surface area contributed by atoms with Crippen LogP contribution in [0.2, 0.25) is 5.02 Å². The van der Waals surface area contributed by atoms with E-state index in [1.54, 1.807) is 7.11 Å². The molecular formula is C31H42ClN7O3. The summed E-state index contributed by atoms with van der Waals surface area (Å²) in [4.78, 5) is 18.8. The van der Waals surface area contributed by atoms with Crippen molar-refractivity contribution in [3.8, 4) is 11.1 Å². The van der Waals surface area contributed by atoms with E-state index in [0.29, 0.717) is 28.9 Å². The summed E-state index contributed by atoms with van der Waals surface area (Å²) >= 11 is 7.06. The first-order valence-corrected chi connectivity index (χ1v) is 15.1. The zero-order valence-electron chi connectivity index (χ0n) is 25.1. The molecule has 6 rings (SSSR count). The van der Waals surface area contributed by atoms with Gasteiger partial charge in [-0.1, -0.05) is 18.2 Å². The lowest BCUT2D eigenvalue weighted by atomic mass is 9.60. The van der Waals surface area contributed by atoms with Gasteiger partial charge in [-0.05, 0) is 51.3 Å². The van der Waals surface area contributed by atoms with Crippen molar-refractivity contribution < 1.29 is 14.3 Å². The lowest BCUT2D eigenvalue weighted by Gasteiger charge is -2.58. The van der Waals surface area contributed by atoms with E-state index in [0.717, 1.165) is 87.0 Å². The average Bonchev–Trinajstić information content (AvgIpc) is 3.19. The van der Waals surface area contributed by atoms with E-state index in [1.807, 2.05) is 17.9 Å². The minimum atomic E-state index is -0.351. The third-order valence-corrected chi connectivity index (χ3v) is 10.4. The number of benzene rings is 1. The SMILES string of the molecule is C=CC(=O)N1CC2(CC(n3nc(N4CCN(C5COC5)C[C@]4(C)COC)c(-c4c(Cl)c(C)cc(N)c4C=N)c3C)C2)C1. The van der Waals surface area contributed by atoms with Crippen molar-refractivity contribution in [3.63, 3.8) is 0 Å². The molecule has 1 atom stereocenters. The molecule has 0 unspecified atom stereocenters. The highest BCUT2D eigenvalue weighted by atomic mass is 35.5. The Morgan fingerprint density at radius 3 is 2.55 bits per heavy atom. The summed E-state index contributed by atoms with van der Waals surface area (Å²) in [7, 11) is 1.75. The predicted octanol–water partition coefficient (Wildman–Crippen LogP) is 3.68. The Morgan fingerprint density at radius 1 is 1.24 bits per heavy atom. The number of nitrogens with one attached hydrogen (secondary N) is 1. The van der Waals surface area contributed by atoms with Crippen molar-refractivity contribution in [3.05, 3.63) is 40.6 Å². The van der Waals surface area contributed by atoms with Gasteiger partial charge < -0.3 is 30.4 Å². The molecule has 4 fully saturated rings. The van der Waals surface area contributed by atoms with Crippen LogP contribution in [0.25, 0.3) is 11.1 Å². The van der Waals surface area contributed by atoms with Gasteiger partial charge >= 0.3 is 0 Å². The van der Waals surface area contributed by atoms with Gasteiger partial charge in [0.05, 0.1) is 42.5 Å². The summed E-state index contributed by atoms with van der Waals surface area (Å²) in [6, 6.07) is 2.48. The monoisotopic (exact) mass is 595 g/mol. The van der Waals surface area contributed by atoms with Crippen LogP contribution in [-0.2, 0) is 14.3 Å². The molecule has 3 N–H and O–H groups in total. The van der Waals surface area contributed by atoms with Crippen molar-refractivity contribution in [2.75, 3.05) is 70.3 Å². The molecule has 1 aromatic heterocycles. The highest BCUT2D eigenvalue weighted by Crippen LogP contribution is 2.55. The Labute approximate surface area is 252 Å². The second-order valence-corrected chi connectivity index (χ2v) is 13.3. The van der Waals surface area contributed by atoms with Crippen molar-refractivity contribution >= 4 is 35.2 Å². The second-order valence-electron chi connectivity index (χ2n) is 13.0. The molecule has 1 amide bonds. The van der Waals surface area contributed by atoms with Gasteiger partial charge in [0.15, 0.2) is 5.82 Å². The fourth-order valence-corrected chi connectivity index (χ4v) is 7.89. The fraction of sp³-hybridized carbons (Fsp3) is 0.581. The minimum Gasteiger partial charge on any atom is -0.398 e. The number of rotatable bonds is 8. The number of carbonyl (C=O) groups is 1. The van der Waals surface area contributed by atoms with Crippen molar-refractivity contribution in [1.82, 2.24) is 19.6 Å². The number of carbonyl (C=O) groups excluding carboxylic acids is 1. The molecule has 4 heterocycles. The van der Waals surface area contributed by atoms with E-state index in [4.69, 9.17) is 37.3 Å². The van der Waals surface area contributed by atoms with Gasteiger partial charge in [-0.2, -0.15) is 5.10 Å². The molecular weight excluding hydrogens is 554 g/mol. The van der Waals surface area contributed by atoms with Crippen LogP contribution in [0.3, 0.4) is 0 Å². The molecule has 11 heteroatoms. The number of nitrogens with zero attached hydrogens (tertiary/aromatic N) is 5. The molecule has 1 aliphatic carbocycles. The second kappa shape index (κ2) is 10.7. The van der Waals surface area contributed by atoms with Gasteiger partial charge in [-0.25, -0.2) is 0 Å². The summed E-state index contributed by atoms with van der Waals surface area (Å²) in [5, 5.41) is 14.2. The third-order valence-electron chi connectivity index (χ3n) is 9.92. The summed E-state index contributed by atoms with van der Waals surface area (Å²) in [6.07, 6.45) is 4.62. The Balaban J connectivity index is 1.42. The smallest absolute Gasteiger partial charge is 0.245 e. The van der Waals surface area contributed by atoms with Gasteiger partial charge in [-0.3, -0.25) is 14.4 Å². The maximum absolute atomic E-state index is 12.1. The zero-order valence-corrected chi connectivity index (χ0v) is 25.8. The molecule has 2 aromatic rings. The number of amides is 1. The number of nitrogen functional groups attached to an aromatic ring is 1. The van der Waals surface area contributed by atoms with E-state index in [9.17, 15) is 4.79 Å². The topological polar surface area (TPSA) is 113 Å². The Morgan fingerprint density at radius 2 is 1.95 bits per heavy atom.